The lowest BCUT2D eigenvalue weighted by Crippen LogP contribution is -1.98. The first kappa shape index (κ1) is 11.5. The molecule has 0 saturated carbocycles. The molecule has 1 aromatic heterocycles. The van der Waals surface area contributed by atoms with Gasteiger partial charge in [0.25, 0.3) is 0 Å². The molecule has 1 nitrogen and oxygen atoms in total. The highest BCUT2D eigenvalue weighted by molar-refractivity contribution is 7.13. The zero-order chi connectivity index (χ0) is 12.5. The maximum Gasteiger partial charge on any atom is 0.204 e. The molecule has 0 aliphatic rings. The summed E-state index contributed by atoms with van der Waals surface area (Å²) in [7, 11) is 0. The SMILES string of the molecule is O=C(c1ccc2ccccc2c1)c1sccc1Cl. The Kier molecular flexibility index (Phi) is 2.90. The lowest BCUT2D eigenvalue weighted by atomic mass is 10.0. The van der Waals surface area contributed by atoms with Gasteiger partial charge in [-0.15, -0.1) is 11.3 Å². The van der Waals surface area contributed by atoms with Gasteiger partial charge in [-0.2, -0.15) is 0 Å². The van der Waals surface area contributed by atoms with Crippen LogP contribution in [0, 0.1) is 0 Å². The van der Waals surface area contributed by atoms with Gasteiger partial charge in [0.05, 0.1) is 9.90 Å². The van der Waals surface area contributed by atoms with Gasteiger partial charge >= 0.3 is 0 Å². The highest BCUT2D eigenvalue weighted by Crippen LogP contribution is 2.26. The van der Waals surface area contributed by atoms with Crippen molar-refractivity contribution < 1.29 is 4.79 Å². The van der Waals surface area contributed by atoms with Crippen molar-refractivity contribution in [1.82, 2.24) is 0 Å². The molecule has 3 rings (SSSR count). The number of ketones is 1. The molecule has 3 aromatic rings. The van der Waals surface area contributed by atoms with Crippen LogP contribution in [0.3, 0.4) is 0 Å². The van der Waals surface area contributed by atoms with Crippen LogP contribution in [0.15, 0.2) is 53.9 Å². The third-order valence-electron chi connectivity index (χ3n) is 2.84. The van der Waals surface area contributed by atoms with E-state index in [0.717, 1.165) is 10.8 Å². The van der Waals surface area contributed by atoms with Gasteiger partial charge < -0.3 is 0 Å². The Morgan fingerprint density at radius 2 is 1.78 bits per heavy atom. The Bertz CT molecular complexity index is 730. The first-order chi connectivity index (χ1) is 8.75. The summed E-state index contributed by atoms with van der Waals surface area (Å²) in [6.45, 7) is 0. The minimum absolute atomic E-state index is 0.0132. The molecule has 18 heavy (non-hydrogen) atoms. The van der Waals surface area contributed by atoms with Crippen molar-refractivity contribution in [2.75, 3.05) is 0 Å². The lowest BCUT2D eigenvalue weighted by Gasteiger charge is -2.02. The normalized spacial score (nSPS) is 10.7. The largest absolute Gasteiger partial charge is 0.288 e. The fourth-order valence-electron chi connectivity index (χ4n) is 1.92. The third kappa shape index (κ3) is 1.94. The van der Waals surface area contributed by atoms with Crippen LogP contribution in [0.4, 0.5) is 0 Å². The molecule has 0 fully saturated rings. The molecular formula is C15H9ClOS. The van der Waals surface area contributed by atoms with E-state index in [9.17, 15) is 4.79 Å². The average molecular weight is 273 g/mol. The molecule has 0 unspecified atom stereocenters. The standard InChI is InChI=1S/C15H9ClOS/c16-13-7-8-18-15(13)14(17)12-6-5-10-3-1-2-4-11(10)9-12/h1-9H. The topological polar surface area (TPSA) is 17.1 Å². The summed E-state index contributed by atoms with van der Waals surface area (Å²) in [5.74, 6) is -0.0132. The number of fused-ring (bicyclic) bond motifs is 1. The number of hydrogen-bond acceptors (Lipinski definition) is 2. The van der Waals surface area contributed by atoms with Gasteiger partial charge in [0.15, 0.2) is 0 Å². The van der Waals surface area contributed by atoms with E-state index in [1.165, 1.54) is 11.3 Å². The van der Waals surface area contributed by atoms with Crippen LogP contribution in [-0.2, 0) is 0 Å². The number of carbonyl (C=O) groups excluding carboxylic acids is 1. The summed E-state index contributed by atoms with van der Waals surface area (Å²) in [4.78, 5) is 12.9. The summed E-state index contributed by atoms with van der Waals surface area (Å²) in [5, 5.41) is 4.55. The molecule has 0 N–H and O–H groups in total. The average Bonchev–Trinajstić information content (AvgIpc) is 2.83. The highest BCUT2D eigenvalue weighted by Gasteiger charge is 2.14. The molecule has 1 heterocycles. The second-order valence-corrected chi connectivity index (χ2v) is 5.31. The molecule has 0 aliphatic carbocycles. The Labute approximate surface area is 114 Å². The third-order valence-corrected chi connectivity index (χ3v) is 4.18. The fraction of sp³-hybridized carbons (Fsp3) is 0. The quantitative estimate of drug-likeness (QED) is 0.613. The molecule has 0 amide bonds. The fourth-order valence-corrected chi connectivity index (χ4v) is 3.02. The predicted molar refractivity (Wildman–Crippen MR) is 76.7 cm³/mol. The van der Waals surface area contributed by atoms with Crippen LogP contribution in [0.5, 0.6) is 0 Å². The van der Waals surface area contributed by atoms with Crippen molar-refractivity contribution in [1.29, 1.82) is 0 Å². The van der Waals surface area contributed by atoms with E-state index in [2.05, 4.69) is 0 Å². The Hall–Kier alpha value is -1.64. The van der Waals surface area contributed by atoms with Gasteiger partial charge in [-0.05, 0) is 28.3 Å². The van der Waals surface area contributed by atoms with Gasteiger partial charge in [0.1, 0.15) is 0 Å². The lowest BCUT2D eigenvalue weighted by molar-refractivity contribution is 0.104. The zero-order valence-corrected chi connectivity index (χ0v) is 11.0. The number of thiophene rings is 1. The first-order valence-electron chi connectivity index (χ1n) is 5.52. The number of halogens is 1. The summed E-state index contributed by atoms with van der Waals surface area (Å²) in [6, 6.07) is 15.5. The predicted octanol–water partition coefficient (Wildman–Crippen LogP) is 4.79. The molecule has 0 atom stereocenters. The van der Waals surface area contributed by atoms with E-state index in [0.29, 0.717) is 15.5 Å². The molecule has 88 valence electrons. The minimum Gasteiger partial charge on any atom is -0.288 e. The van der Waals surface area contributed by atoms with Crippen LogP contribution in [-0.4, -0.2) is 5.78 Å². The number of rotatable bonds is 2. The van der Waals surface area contributed by atoms with Crippen LogP contribution < -0.4 is 0 Å². The van der Waals surface area contributed by atoms with Crippen molar-refractivity contribution in [3.63, 3.8) is 0 Å². The monoisotopic (exact) mass is 272 g/mol. The molecule has 0 bridgehead atoms. The molecule has 2 aromatic carbocycles. The van der Waals surface area contributed by atoms with Crippen LogP contribution in [0.1, 0.15) is 15.2 Å². The summed E-state index contributed by atoms with van der Waals surface area (Å²) >= 11 is 7.37. The van der Waals surface area contributed by atoms with Gasteiger partial charge in [0.2, 0.25) is 5.78 Å². The van der Waals surface area contributed by atoms with Crippen LogP contribution >= 0.6 is 22.9 Å². The second kappa shape index (κ2) is 4.56. The minimum atomic E-state index is -0.0132. The first-order valence-corrected chi connectivity index (χ1v) is 6.78. The van der Waals surface area contributed by atoms with Crippen molar-refractivity contribution in [2.24, 2.45) is 0 Å². The zero-order valence-electron chi connectivity index (χ0n) is 9.39. The summed E-state index contributed by atoms with van der Waals surface area (Å²) < 4.78 is 0. The maximum atomic E-state index is 12.3. The summed E-state index contributed by atoms with van der Waals surface area (Å²) in [5.41, 5.74) is 0.679. The molecular weight excluding hydrogens is 264 g/mol. The van der Waals surface area contributed by atoms with Gasteiger partial charge in [-0.1, -0.05) is 48.0 Å². The number of carbonyl (C=O) groups is 1. The molecule has 0 spiro atoms. The van der Waals surface area contributed by atoms with Crippen molar-refractivity contribution in [3.8, 4) is 0 Å². The van der Waals surface area contributed by atoms with E-state index in [4.69, 9.17) is 11.6 Å². The Morgan fingerprint density at radius 3 is 2.50 bits per heavy atom. The molecule has 0 aliphatic heterocycles. The highest BCUT2D eigenvalue weighted by atomic mass is 35.5. The molecule has 0 radical (unpaired) electrons. The maximum absolute atomic E-state index is 12.3. The number of hydrogen-bond donors (Lipinski definition) is 0. The van der Waals surface area contributed by atoms with Gasteiger partial charge in [0, 0.05) is 5.56 Å². The van der Waals surface area contributed by atoms with E-state index in [-0.39, 0.29) is 5.78 Å². The Balaban J connectivity index is 2.10. The van der Waals surface area contributed by atoms with E-state index in [1.807, 2.05) is 47.8 Å². The molecule has 0 saturated heterocycles. The number of benzene rings is 2. The van der Waals surface area contributed by atoms with E-state index < -0.39 is 0 Å². The van der Waals surface area contributed by atoms with E-state index >= 15 is 0 Å². The van der Waals surface area contributed by atoms with Crippen LogP contribution in [0.2, 0.25) is 5.02 Å². The van der Waals surface area contributed by atoms with Crippen molar-refractivity contribution in [3.05, 3.63) is 69.4 Å². The molecule has 3 heteroatoms. The second-order valence-electron chi connectivity index (χ2n) is 3.99. The Morgan fingerprint density at radius 1 is 1.00 bits per heavy atom. The van der Waals surface area contributed by atoms with Gasteiger partial charge in [-0.3, -0.25) is 4.79 Å². The van der Waals surface area contributed by atoms with Gasteiger partial charge in [-0.25, -0.2) is 0 Å². The smallest absolute Gasteiger partial charge is 0.204 e. The van der Waals surface area contributed by atoms with Crippen LogP contribution in [0.25, 0.3) is 10.8 Å². The van der Waals surface area contributed by atoms with Crippen molar-refractivity contribution in [2.45, 2.75) is 0 Å². The van der Waals surface area contributed by atoms with E-state index in [1.54, 1.807) is 6.07 Å². The van der Waals surface area contributed by atoms with Crippen molar-refractivity contribution >= 4 is 39.5 Å². The summed E-state index contributed by atoms with van der Waals surface area (Å²) in [6.07, 6.45) is 0.